The molecule has 0 aromatic heterocycles. The van der Waals surface area contributed by atoms with Crippen LogP contribution in [0, 0.1) is 0 Å². The molecule has 0 spiro atoms. The van der Waals surface area contributed by atoms with Crippen molar-refractivity contribution in [3.05, 3.63) is 24.8 Å². The molecule has 14 heteroatoms. The predicted molar refractivity (Wildman–Crippen MR) is 131 cm³/mol. The first kappa shape index (κ1) is 36.2. The Labute approximate surface area is 234 Å². The summed E-state index contributed by atoms with van der Waals surface area (Å²) in [7, 11) is 0. The van der Waals surface area contributed by atoms with Crippen molar-refractivity contribution in [2.45, 2.75) is 24.4 Å². The lowest BCUT2D eigenvalue weighted by atomic mass is 10.3. The highest BCUT2D eigenvalue weighted by atomic mass is 35.5. The second kappa shape index (κ2) is 21.1. The Hall–Kier alpha value is -0.000000000000000111. The second-order valence-electron chi connectivity index (χ2n) is 7.50. The van der Waals surface area contributed by atoms with Crippen LogP contribution in [0.1, 0.15) is 0 Å². The molecule has 200 valence electrons. The van der Waals surface area contributed by atoms with Crippen molar-refractivity contribution >= 4 is 58.8 Å². The summed E-state index contributed by atoms with van der Waals surface area (Å²) in [6.07, 6.45) is 9.24. The van der Waals surface area contributed by atoms with E-state index in [1.807, 2.05) is 56.2 Å². The summed E-state index contributed by atoms with van der Waals surface area (Å²) >= 11 is 22.1. The summed E-state index contributed by atoms with van der Waals surface area (Å²) in [5.74, 6) is 0.928. The lowest BCUT2D eigenvalue weighted by Crippen LogP contribution is -3.00. The smallest absolute Gasteiger partial charge is 0.184 e. The van der Waals surface area contributed by atoms with Crippen LogP contribution in [0.25, 0.3) is 0 Å². The van der Waals surface area contributed by atoms with Crippen molar-refractivity contribution in [1.29, 1.82) is 0 Å². The minimum atomic E-state index is -0.525. The molecule has 0 aromatic carbocycles. The first-order valence-electron chi connectivity index (χ1n) is 10.3. The topological polar surface area (TPSA) is 93.4 Å². The van der Waals surface area contributed by atoms with Gasteiger partial charge in [-0.05, 0) is 0 Å². The molecule has 4 atom stereocenters. The highest BCUT2D eigenvalue weighted by molar-refractivity contribution is 6.18. The molecule has 34 heavy (non-hydrogen) atoms. The van der Waals surface area contributed by atoms with Gasteiger partial charge in [-0.1, -0.05) is 0 Å². The van der Waals surface area contributed by atoms with E-state index in [2.05, 4.69) is 0 Å². The quantitative estimate of drug-likeness (QED) is 0.131. The molecule has 0 bridgehead atoms. The Morgan fingerprint density at radius 2 is 0.941 bits per heavy atom. The van der Waals surface area contributed by atoms with Crippen LogP contribution >= 0.6 is 46.4 Å². The molecule has 2 aliphatic rings. The van der Waals surface area contributed by atoms with E-state index in [1.54, 1.807) is 0 Å². The summed E-state index contributed by atoms with van der Waals surface area (Å²) in [6.45, 7) is 3.40. The fraction of sp³-hybridized carbons (Fsp3) is 0.700. The lowest BCUT2D eigenvalue weighted by Gasteiger charge is -2.21. The number of halogens is 6. The van der Waals surface area contributed by atoms with Crippen LogP contribution in [-0.4, -0.2) is 139 Å². The number of hydrogen-bond acceptors (Lipinski definition) is 6. The molecule has 4 unspecified atom stereocenters. The number of hydrogen-bond donors (Lipinski definition) is 4. The van der Waals surface area contributed by atoms with Gasteiger partial charge in [0.15, 0.2) is 37.9 Å². The van der Waals surface area contributed by atoms with Crippen LogP contribution in [0.15, 0.2) is 24.8 Å². The van der Waals surface area contributed by atoms with Crippen LogP contribution in [0.3, 0.4) is 0 Å². The van der Waals surface area contributed by atoms with E-state index in [0.717, 1.165) is 0 Å². The van der Waals surface area contributed by atoms with Gasteiger partial charge in [-0.15, -0.1) is 46.4 Å². The maximum Gasteiger partial charge on any atom is 0.184 e. The number of nitrogens with zero attached hydrogens (tertiary/aromatic N) is 4. The summed E-state index contributed by atoms with van der Waals surface area (Å²) < 4.78 is 3.77. The number of rotatable bonds is 12. The molecule has 2 aliphatic heterocycles. The summed E-state index contributed by atoms with van der Waals surface area (Å²) in [4.78, 5) is 3.91. The Morgan fingerprint density at radius 1 is 0.618 bits per heavy atom. The van der Waals surface area contributed by atoms with Crippen molar-refractivity contribution in [3.8, 4) is 0 Å². The minimum absolute atomic E-state index is 0. The Balaban J connectivity index is 0. The molecule has 0 amide bonds. The van der Waals surface area contributed by atoms with Crippen molar-refractivity contribution < 1.29 is 54.4 Å². The average molecular weight is 607 g/mol. The van der Waals surface area contributed by atoms with Gasteiger partial charge in [0.05, 0.1) is 61.2 Å². The molecule has 4 N–H and O–H groups in total. The number of aliphatic hydroxyl groups is 4. The van der Waals surface area contributed by atoms with E-state index in [4.69, 9.17) is 46.4 Å². The van der Waals surface area contributed by atoms with Gasteiger partial charge in [-0.3, -0.25) is 0 Å². The molecule has 8 nitrogen and oxygen atoms in total. The molecule has 2 rings (SSSR count). The zero-order chi connectivity index (χ0) is 23.9. The monoisotopic (exact) mass is 604 g/mol. The first-order valence-corrected chi connectivity index (χ1v) is 12.4. The van der Waals surface area contributed by atoms with Gasteiger partial charge in [0, 0.05) is 13.1 Å². The van der Waals surface area contributed by atoms with Gasteiger partial charge >= 0.3 is 0 Å². The molecule has 0 aliphatic carbocycles. The summed E-state index contributed by atoms with van der Waals surface area (Å²) in [6, 6.07) is 0. The molecular formula is C20H34Cl6N4O4. The molecule has 2 heterocycles. The van der Waals surface area contributed by atoms with Crippen LogP contribution in [0.5, 0.6) is 0 Å². The Morgan fingerprint density at radius 3 is 1.18 bits per heavy atom. The fourth-order valence-corrected chi connectivity index (χ4v) is 3.18. The molecular weight excluding hydrogens is 573 g/mol. The average Bonchev–Trinajstić information content (AvgIpc) is 2.81. The minimum Gasteiger partial charge on any atom is -1.00 e. The van der Waals surface area contributed by atoms with Gasteiger partial charge in [-0.2, -0.15) is 0 Å². The number of β-amino-alcohol motifs (C(OH)–C–C–N with tert-alkyl or cyclic N) is 4. The van der Waals surface area contributed by atoms with Crippen LogP contribution < -0.4 is 24.8 Å². The van der Waals surface area contributed by atoms with E-state index in [1.165, 1.54) is 0 Å². The first-order chi connectivity index (χ1) is 15.3. The van der Waals surface area contributed by atoms with E-state index < -0.39 is 24.4 Å². The highest BCUT2D eigenvalue weighted by Crippen LogP contribution is 2.02. The molecule has 0 saturated heterocycles. The van der Waals surface area contributed by atoms with Crippen LogP contribution in [0.2, 0.25) is 0 Å². The zero-order valence-corrected chi connectivity index (χ0v) is 23.2. The van der Waals surface area contributed by atoms with Crippen LogP contribution in [0.4, 0.5) is 0 Å². The van der Waals surface area contributed by atoms with Gasteiger partial charge < -0.3 is 55.0 Å². The molecule has 0 aromatic rings. The molecule has 0 saturated carbocycles. The maximum atomic E-state index is 9.37. The standard InChI is InChI=1S/2C10H17Cl2N2O2.2ClH/c2*11-5-9(15)7-13-1-2-14(4-3-13)8-10(16)6-12;;/h2*1-3,9-10,15-16H,4-8H2;2*1H/q2*+1;;/p-2. The Bertz CT molecular complexity index is 603. The fourth-order valence-electron chi connectivity index (χ4n) is 2.79. The highest BCUT2D eigenvalue weighted by Gasteiger charge is 2.17. The zero-order valence-electron chi connectivity index (χ0n) is 18.7. The largest absolute Gasteiger partial charge is 1.00 e. The SMILES string of the molecule is OC(CCl)CN1C=C[N+](CC(O)CCl)=CC1.OC(CCl)CN1C=C[N+](CC(O)CCl)=CC1.[Cl-].[Cl-]. The van der Waals surface area contributed by atoms with Gasteiger partial charge in [-0.25, -0.2) is 9.15 Å². The molecule has 0 radical (unpaired) electrons. The second-order valence-corrected chi connectivity index (χ2v) is 8.73. The van der Waals surface area contributed by atoms with Gasteiger partial charge in [0.2, 0.25) is 0 Å². The van der Waals surface area contributed by atoms with Gasteiger partial charge in [0.1, 0.15) is 12.2 Å². The number of alkyl halides is 4. The van der Waals surface area contributed by atoms with Crippen molar-refractivity contribution in [2.24, 2.45) is 0 Å². The van der Waals surface area contributed by atoms with E-state index in [-0.39, 0.29) is 48.3 Å². The summed E-state index contributed by atoms with van der Waals surface area (Å²) in [5, 5.41) is 37.5. The van der Waals surface area contributed by atoms with E-state index in [9.17, 15) is 20.4 Å². The van der Waals surface area contributed by atoms with Crippen LogP contribution in [-0.2, 0) is 0 Å². The lowest BCUT2D eigenvalue weighted by molar-refractivity contribution is -0.466. The van der Waals surface area contributed by atoms with E-state index in [0.29, 0.717) is 39.3 Å². The Kier molecular flexibility index (Phi) is 22.5. The van der Waals surface area contributed by atoms with E-state index >= 15 is 0 Å². The van der Waals surface area contributed by atoms with Gasteiger partial charge in [0.25, 0.3) is 0 Å². The number of aliphatic hydroxyl groups excluding tert-OH is 4. The third kappa shape index (κ3) is 15.9. The summed E-state index contributed by atoms with van der Waals surface area (Å²) in [5.41, 5.74) is 0. The predicted octanol–water partition coefficient (Wildman–Crippen LogP) is -5.88. The molecule has 0 fully saturated rings. The van der Waals surface area contributed by atoms with Crippen molar-refractivity contribution in [2.75, 3.05) is 62.8 Å². The van der Waals surface area contributed by atoms with Crippen molar-refractivity contribution in [3.63, 3.8) is 0 Å². The normalized spacial score (nSPS) is 18.4. The third-order valence-electron chi connectivity index (χ3n) is 4.49. The maximum absolute atomic E-state index is 9.37. The van der Waals surface area contributed by atoms with Crippen molar-refractivity contribution in [1.82, 2.24) is 9.80 Å². The third-order valence-corrected chi connectivity index (χ3v) is 5.91.